The number of carboxylic acid groups (broad SMARTS) is 1. The van der Waals surface area contributed by atoms with Gasteiger partial charge in [0, 0.05) is 16.8 Å². The zero-order valence-electron chi connectivity index (χ0n) is 11.2. The SMILES string of the molecule is O=C(O)C1CCN(CC2=c3cc(Cl)ccc3=NC2)CC1. The fourth-order valence-corrected chi connectivity index (χ4v) is 3.11. The quantitative estimate of drug-likeness (QED) is 0.901. The second kappa shape index (κ2) is 5.54. The van der Waals surface area contributed by atoms with Gasteiger partial charge in [-0.2, -0.15) is 0 Å². The van der Waals surface area contributed by atoms with Crippen molar-refractivity contribution < 1.29 is 9.90 Å². The third kappa shape index (κ3) is 2.72. The van der Waals surface area contributed by atoms with E-state index in [0.29, 0.717) is 0 Å². The fourth-order valence-electron chi connectivity index (χ4n) is 2.94. The maximum absolute atomic E-state index is 11.0. The Morgan fingerprint density at radius 2 is 2.15 bits per heavy atom. The van der Waals surface area contributed by atoms with Gasteiger partial charge in [-0.05, 0) is 49.7 Å². The number of piperidine rings is 1. The van der Waals surface area contributed by atoms with Crippen molar-refractivity contribution >= 4 is 23.1 Å². The molecule has 106 valence electrons. The molecule has 2 aliphatic heterocycles. The molecule has 3 rings (SSSR count). The molecule has 0 aromatic heterocycles. The predicted molar refractivity (Wildman–Crippen MR) is 77.3 cm³/mol. The number of rotatable bonds is 3. The van der Waals surface area contributed by atoms with Crippen molar-refractivity contribution in [1.82, 2.24) is 4.90 Å². The average Bonchev–Trinajstić information content (AvgIpc) is 2.82. The number of nitrogens with zero attached hydrogens (tertiary/aromatic N) is 2. The van der Waals surface area contributed by atoms with Crippen LogP contribution in [0.1, 0.15) is 12.8 Å². The van der Waals surface area contributed by atoms with Gasteiger partial charge in [0.25, 0.3) is 0 Å². The van der Waals surface area contributed by atoms with E-state index in [4.69, 9.17) is 16.7 Å². The lowest BCUT2D eigenvalue weighted by atomic mass is 9.97. The molecule has 1 aromatic carbocycles. The van der Waals surface area contributed by atoms with Crippen LogP contribution in [-0.4, -0.2) is 42.2 Å². The first kappa shape index (κ1) is 13.6. The average molecular weight is 293 g/mol. The number of hydrogen-bond donors (Lipinski definition) is 1. The number of hydrogen-bond acceptors (Lipinski definition) is 3. The summed E-state index contributed by atoms with van der Waals surface area (Å²) in [5.74, 6) is -0.837. The smallest absolute Gasteiger partial charge is 0.306 e. The summed E-state index contributed by atoms with van der Waals surface area (Å²) in [6, 6.07) is 5.80. The van der Waals surface area contributed by atoms with Crippen LogP contribution in [0.2, 0.25) is 5.02 Å². The Morgan fingerprint density at radius 3 is 2.85 bits per heavy atom. The Labute approximate surface area is 122 Å². The van der Waals surface area contributed by atoms with Gasteiger partial charge in [0.15, 0.2) is 0 Å². The van der Waals surface area contributed by atoms with Crippen LogP contribution in [0.15, 0.2) is 23.2 Å². The van der Waals surface area contributed by atoms with Gasteiger partial charge >= 0.3 is 5.97 Å². The van der Waals surface area contributed by atoms with Gasteiger partial charge in [-0.15, -0.1) is 0 Å². The number of carbonyl (C=O) groups is 1. The Kier molecular flexibility index (Phi) is 3.76. The third-order valence-electron chi connectivity index (χ3n) is 4.13. The first-order valence-electron chi connectivity index (χ1n) is 6.91. The van der Waals surface area contributed by atoms with E-state index in [-0.39, 0.29) is 5.92 Å². The number of fused-ring (bicyclic) bond motifs is 1. The van der Waals surface area contributed by atoms with E-state index in [9.17, 15) is 4.79 Å². The molecule has 20 heavy (non-hydrogen) atoms. The van der Waals surface area contributed by atoms with Crippen LogP contribution in [-0.2, 0) is 4.79 Å². The molecule has 1 saturated heterocycles. The molecule has 0 amide bonds. The van der Waals surface area contributed by atoms with E-state index in [1.165, 1.54) is 5.57 Å². The van der Waals surface area contributed by atoms with Gasteiger partial charge in [-0.25, -0.2) is 0 Å². The molecule has 0 atom stereocenters. The Hall–Kier alpha value is -1.39. The van der Waals surface area contributed by atoms with E-state index in [1.807, 2.05) is 18.2 Å². The molecule has 0 bridgehead atoms. The van der Waals surface area contributed by atoms with Gasteiger partial charge in [-0.3, -0.25) is 14.7 Å². The minimum atomic E-state index is -0.662. The van der Waals surface area contributed by atoms with Gasteiger partial charge in [0.1, 0.15) is 0 Å². The molecule has 0 unspecified atom stereocenters. The molecule has 1 N–H and O–H groups in total. The second-order valence-electron chi connectivity index (χ2n) is 5.47. The Balaban J connectivity index is 1.73. The van der Waals surface area contributed by atoms with Crippen LogP contribution < -0.4 is 10.6 Å². The highest BCUT2D eigenvalue weighted by atomic mass is 35.5. The van der Waals surface area contributed by atoms with Crippen molar-refractivity contribution in [3.8, 4) is 0 Å². The summed E-state index contributed by atoms with van der Waals surface area (Å²) in [5.41, 5.74) is 1.29. The van der Waals surface area contributed by atoms with E-state index < -0.39 is 5.97 Å². The molecule has 1 fully saturated rings. The first-order chi connectivity index (χ1) is 9.63. The van der Waals surface area contributed by atoms with Gasteiger partial charge < -0.3 is 5.11 Å². The largest absolute Gasteiger partial charge is 0.481 e. The van der Waals surface area contributed by atoms with Crippen molar-refractivity contribution in [2.75, 3.05) is 26.2 Å². The van der Waals surface area contributed by atoms with Gasteiger partial charge in [0.05, 0.1) is 17.8 Å². The van der Waals surface area contributed by atoms with E-state index in [0.717, 1.165) is 54.6 Å². The minimum absolute atomic E-state index is 0.175. The summed E-state index contributed by atoms with van der Waals surface area (Å²) in [4.78, 5) is 17.8. The molecule has 1 aromatic rings. The van der Waals surface area contributed by atoms with Crippen molar-refractivity contribution in [3.63, 3.8) is 0 Å². The maximum Gasteiger partial charge on any atom is 0.306 e. The van der Waals surface area contributed by atoms with Crippen LogP contribution in [0.4, 0.5) is 0 Å². The highest BCUT2D eigenvalue weighted by Crippen LogP contribution is 2.18. The molecule has 0 radical (unpaired) electrons. The normalized spacial score (nSPS) is 19.8. The number of halogens is 1. The lowest BCUT2D eigenvalue weighted by molar-refractivity contribution is -0.143. The van der Waals surface area contributed by atoms with Crippen LogP contribution in [0.5, 0.6) is 0 Å². The Morgan fingerprint density at radius 1 is 1.40 bits per heavy atom. The lowest BCUT2D eigenvalue weighted by Gasteiger charge is -2.30. The zero-order chi connectivity index (χ0) is 14.1. The highest BCUT2D eigenvalue weighted by Gasteiger charge is 2.25. The number of aliphatic carboxylic acids is 1. The monoisotopic (exact) mass is 292 g/mol. The molecule has 2 heterocycles. The Bertz CT molecular complexity index is 648. The van der Waals surface area contributed by atoms with Crippen LogP contribution in [0, 0.1) is 5.92 Å². The molecule has 2 aliphatic rings. The van der Waals surface area contributed by atoms with Crippen molar-refractivity contribution in [2.45, 2.75) is 12.8 Å². The van der Waals surface area contributed by atoms with Gasteiger partial charge in [0.2, 0.25) is 0 Å². The van der Waals surface area contributed by atoms with Crippen molar-refractivity contribution in [1.29, 1.82) is 0 Å². The summed E-state index contributed by atoms with van der Waals surface area (Å²) in [6.45, 7) is 3.28. The summed E-state index contributed by atoms with van der Waals surface area (Å²) in [7, 11) is 0. The molecule has 5 heteroatoms. The third-order valence-corrected chi connectivity index (χ3v) is 4.37. The van der Waals surface area contributed by atoms with Crippen molar-refractivity contribution in [2.24, 2.45) is 10.9 Å². The molecule has 0 aliphatic carbocycles. The lowest BCUT2D eigenvalue weighted by Crippen LogP contribution is -2.38. The fraction of sp³-hybridized carbons (Fsp3) is 0.467. The maximum atomic E-state index is 11.0. The molecule has 0 spiro atoms. The number of benzene rings is 1. The summed E-state index contributed by atoms with van der Waals surface area (Å²) >= 11 is 6.05. The van der Waals surface area contributed by atoms with Crippen molar-refractivity contribution in [3.05, 3.63) is 33.8 Å². The van der Waals surface area contributed by atoms with Crippen LogP contribution >= 0.6 is 11.6 Å². The topological polar surface area (TPSA) is 52.9 Å². The van der Waals surface area contributed by atoms with E-state index in [2.05, 4.69) is 9.89 Å². The minimum Gasteiger partial charge on any atom is -0.481 e. The van der Waals surface area contributed by atoms with Gasteiger partial charge in [-0.1, -0.05) is 11.6 Å². The van der Waals surface area contributed by atoms with Crippen LogP contribution in [0.25, 0.3) is 5.57 Å². The molecule has 4 nitrogen and oxygen atoms in total. The standard InChI is InChI=1S/C15H17ClN2O2/c16-12-1-2-14-13(7-12)11(8-17-14)9-18-5-3-10(4-6-18)15(19)20/h1-2,7,10H,3-6,8-9H2,(H,19,20). The first-order valence-corrected chi connectivity index (χ1v) is 7.28. The second-order valence-corrected chi connectivity index (χ2v) is 5.91. The zero-order valence-corrected chi connectivity index (χ0v) is 11.9. The number of carboxylic acids is 1. The molecular weight excluding hydrogens is 276 g/mol. The summed E-state index contributed by atoms with van der Waals surface area (Å²) in [5, 5.41) is 11.9. The van der Waals surface area contributed by atoms with E-state index >= 15 is 0 Å². The highest BCUT2D eigenvalue weighted by molar-refractivity contribution is 6.30. The number of likely N-dealkylation sites (tertiary alicyclic amines) is 1. The summed E-state index contributed by atoms with van der Waals surface area (Å²) in [6.07, 6.45) is 1.48. The predicted octanol–water partition coefficient (Wildman–Crippen LogP) is 0.921. The molecule has 0 saturated carbocycles. The summed E-state index contributed by atoms with van der Waals surface area (Å²) < 4.78 is 0. The van der Waals surface area contributed by atoms with E-state index in [1.54, 1.807) is 0 Å². The van der Waals surface area contributed by atoms with Crippen LogP contribution in [0.3, 0.4) is 0 Å². The molecular formula is C15H17ClN2O2.